The molecular weight excluding hydrogens is 231 g/mol. The van der Waals surface area contributed by atoms with Crippen molar-refractivity contribution in [2.24, 2.45) is 0 Å². The lowest BCUT2D eigenvalue weighted by atomic mass is 10.3. The number of halogens is 1. The maximum Gasteiger partial charge on any atom is 0.241 e. The quantitative estimate of drug-likeness (QED) is 0.786. The normalized spacial score (nSPS) is 18.4. The number of anilines is 1. The van der Waals surface area contributed by atoms with Crippen molar-refractivity contribution in [2.45, 2.75) is 30.2 Å². The van der Waals surface area contributed by atoms with Crippen LogP contribution in [0, 0.1) is 5.82 Å². The summed E-state index contributed by atoms with van der Waals surface area (Å²) < 4.78 is 39.3. The predicted molar refractivity (Wildman–Crippen MR) is 58.8 cm³/mol. The fourth-order valence-electron chi connectivity index (χ4n) is 1.35. The monoisotopic (exact) mass is 244 g/mol. The fraction of sp³-hybridized carbons (Fsp3) is 0.400. The van der Waals surface area contributed by atoms with Gasteiger partial charge >= 0.3 is 0 Å². The lowest BCUT2D eigenvalue weighted by molar-refractivity contribution is 0.556. The van der Waals surface area contributed by atoms with E-state index in [-0.39, 0.29) is 16.1 Å². The summed E-state index contributed by atoms with van der Waals surface area (Å²) in [4.78, 5) is -0.0904. The molecule has 0 heterocycles. The Bertz CT molecular complexity index is 524. The van der Waals surface area contributed by atoms with Crippen LogP contribution in [-0.4, -0.2) is 14.0 Å². The summed E-state index contributed by atoms with van der Waals surface area (Å²) in [5.74, 6) is -0.719. The van der Waals surface area contributed by atoms with Crippen LogP contribution >= 0.6 is 0 Å². The number of sulfonamides is 1. The highest BCUT2D eigenvalue weighted by atomic mass is 32.2. The molecule has 1 fully saturated rings. The van der Waals surface area contributed by atoms with Gasteiger partial charge in [0, 0.05) is 5.54 Å². The summed E-state index contributed by atoms with van der Waals surface area (Å²) in [6, 6.07) is 3.48. The third-order valence-corrected chi connectivity index (χ3v) is 4.30. The molecule has 1 aliphatic rings. The van der Waals surface area contributed by atoms with Crippen molar-refractivity contribution in [1.29, 1.82) is 0 Å². The van der Waals surface area contributed by atoms with Crippen LogP contribution < -0.4 is 10.5 Å². The first-order chi connectivity index (χ1) is 7.32. The Morgan fingerprint density at radius 1 is 1.44 bits per heavy atom. The zero-order chi connectivity index (χ0) is 12.0. The van der Waals surface area contributed by atoms with Crippen LogP contribution in [0.3, 0.4) is 0 Å². The maximum atomic E-state index is 13.1. The van der Waals surface area contributed by atoms with Crippen molar-refractivity contribution in [1.82, 2.24) is 4.72 Å². The molecule has 16 heavy (non-hydrogen) atoms. The summed E-state index contributed by atoms with van der Waals surface area (Å²) in [5.41, 5.74) is 4.86. The smallest absolute Gasteiger partial charge is 0.241 e. The minimum Gasteiger partial charge on any atom is -0.396 e. The average Bonchev–Trinajstić information content (AvgIpc) is 2.86. The van der Waals surface area contributed by atoms with Gasteiger partial charge in [0.25, 0.3) is 0 Å². The van der Waals surface area contributed by atoms with Gasteiger partial charge in [-0.2, -0.15) is 0 Å². The van der Waals surface area contributed by atoms with Crippen molar-refractivity contribution >= 4 is 15.7 Å². The maximum absolute atomic E-state index is 13.1. The number of nitrogens with one attached hydrogen (secondary N) is 1. The van der Waals surface area contributed by atoms with Crippen LogP contribution in [0.25, 0.3) is 0 Å². The molecule has 1 aliphatic carbocycles. The summed E-state index contributed by atoms with van der Waals surface area (Å²) in [6.07, 6.45) is 1.62. The summed E-state index contributed by atoms with van der Waals surface area (Å²) >= 11 is 0. The van der Waals surface area contributed by atoms with Crippen molar-refractivity contribution in [3.05, 3.63) is 24.0 Å². The van der Waals surface area contributed by atoms with Gasteiger partial charge in [-0.05, 0) is 38.0 Å². The van der Waals surface area contributed by atoms with Crippen molar-refractivity contribution in [2.75, 3.05) is 5.73 Å². The molecule has 4 nitrogen and oxygen atoms in total. The van der Waals surface area contributed by atoms with E-state index in [2.05, 4.69) is 4.72 Å². The predicted octanol–water partition coefficient (Wildman–Crippen LogP) is 1.24. The second-order valence-electron chi connectivity index (χ2n) is 4.35. The average molecular weight is 244 g/mol. The zero-order valence-corrected chi connectivity index (χ0v) is 9.64. The van der Waals surface area contributed by atoms with Gasteiger partial charge < -0.3 is 5.73 Å². The van der Waals surface area contributed by atoms with Crippen molar-refractivity contribution in [3.8, 4) is 0 Å². The van der Waals surface area contributed by atoms with Crippen LogP contribution in [0.15, 0.2) is 23.1 Å². The topological polar surface area (TPSA) is 72.2 Å². The van der Waals surface area contributed by atoms with E-state index in [1.807, 2.05) is 6.92 Å². The third kappa shape index (κ3) is 2.17. The molecule has 0 aliphatic heterocycles. The van der Waals surface area contributed by atoms with Gasteiger partial charge in [-0.1, -0.05) is 0 Å². The Labute approximate surface area is 93.7 Å². The second kappa shape index (κ2) is 3.43. The molecule has 3 N–H and O–H groups in total. The van der Waals surface area contributed by atoms with Gasteiger partial charge in [0.05, 0.1) is 10.6 Å². The van der Waals surface area contributed by atoms with Crippen LogP contribution in [0.2, 0.25) is 0 Å². The molecule has 0 bridgehead atoms. The molecule has 1 aromatic rings. The molecule has 0 saturated heterocycles. The molecule has 0 unspecified atom stereocenters. The van der Waals surface area contributed by atoms with Gasteiger partial charge in [0.1, 0.15) is 5.82 Å². The number of hydrogen-bond acceptors (Lipinski definition) is 3. The largest absolute Gasteiger partial charge is 0.396 e. The SMILES string of the molecule is CC1(NS(=O)(=O)c2ccc(N)c(F)c2)CC1. The Kier molecular flexibility index (Phi) is 2.43. The second-order valence-corrected chi connectivity index (χ2v) is 6.03. The number of nitrogen functional groups attached to an aromatic ring is 1. The zero-order valence-electron chi connectivity index (χ0n) is 8.83. The highest BCUT2D eigenvalue weighted by Crippen LogP contribution is 2.36. The highest BCUT2D eigenvalue weighted by molar-refractivity contribution is 7.89. The minimum atomic E-state index is -3.64. The molecule has 0 amide bonds. The van der Waals surface area contributed by atoms with Crippen LogP contribution in [0.4, 0.5) is 10.1 Å². The molecule has 0 spiro atoms. The van der Waals surface area contributed by atoms with E-state index >= 15 is 0 Å². The Morgan fingerprint density at radius 3 is 2.56 bits per heavy atom. The molecule has 0 atom stereocenters. The van der Waals surface area contributed by atoms with Gasteiger partial charge in [-0.15, -0.1) is 0 Å². The Balaban J connectivity index is 2.32. The Hall–Kier alpha value is -1.14. The lowest BCUT2D eigenvalue weighted by Gasteiger charge is -2.12. The van der Waals surface area contributed by atoms with Gasteiger partial charge in [0.15, 0.2) is 0 Å². The van der Waals surface area contributed by atoms with E-state index in [1.54, 1.807) is 0 Å². The summed E-state index contributed by atoms with van der Waals surface area (Å²) in [7, 11) is -3.64. The lowest BCUT2D eigenvalue weighted by Crippen LogP contribution is -2.34. The van der Waals surface area contributed by atoms with Gasteiger partial charge in [-0.3, -0.25) is 0 Å². The van der Waals surface area contributed by atoms with E-state index in [0.717, 1.165) is 18.9 Å². The van der Waals surface area contributed by atoms with E-state index < -0.39 is 15.8 Å². The molecule has 0 aromatic heterocycles. The van der Waals surface area contributed by atoms with Crippen LogP contribution in [0.1, 0.15) is 19.8 Å². The van der Waals surface area contributed by atoms with E-state index in [9.17, 15) is 12.8 Å². The highest BCUT2D eigenvalue weighted by Gasteiger charge is 2.41. The summed E-state index contributed by atoms with van der Waals surface area (Å²) in [5, 5.41) is 0. The van der Waals surface area contributed by atoms with Crippen molar-refractivity contribution in [3.63, 3.8) is 0 Å². The number of hydrogen-bond donors (Lipinski definition) is 2. The minimum absolute atomic E-state index is 0.0587. The molecule has 6 heteroatoms. The number of benzene rings is 1. The third-order valence-electron chi connectivity index (χ3n) is 2.66. The molecule has 88 valence electrons. The van der Waals surface area contributed by atoms with Gasteiger partial charge in [-0.25, -0.2) is 17.5 Å². The molecule has 2 rings (SSSR count). The van der Waals surface area contributed by atoms with E-state index in [4.69, 9.17) is 5.73 Å². The molecular formula is C10H13FN2O2S. The number of rotatable bonds is 3. The fourth-order valence-corrected chi connectivity index (χ4v) is 2.82. The van der Waals surface area contributed by atoms with Crippen LogP contribution in [0.5, 0.6) is 0 Å². The van der Waals surface area contributed by atoms with Gasteiger partial charge in [0.2, 0.25) is 10.0 Å². The first kappa shape index (κ1) is 11.3. The van der Waals surface area contributed by atoms with E-state index in [0.29, 0.717) is 0 Å². The summed E-state index contributed by atoms with van der Waals surface area (Å²) in [6.45, 7) is 1.82. The van der Waals surface area contributed by atoms with Crippen molar-refractivity contribution < 1.29 is 12.8 Å². The first-order valence-corrected chi connectivity index (χ1v) is 6.40. The standard InChI is InChI=1S/C10H13FN2O2S/c1-10(4-5-10)13-16(14,15)7-2-3-9(12)8(11)6-7/h2-3,6,13H,4-5,12H2,1H3. The van der Waals surface area contributed by atoms with Crippen LogP contribution in [-0.2, 0) is 10.0 Å². The Morgan fingerprint density at radius 2 is 2.06 bits per heavy atom. The first-order valence-electron chi connectivity index (χ1n) is 4.91. The number of nitrogens with two attached hydrogens (primary N) is 1. The molecule has 1 saturated carbocycles. The van der Waals surface area contributed by atoms with E-state index in [1.165, 1.54) is 12.1 Å². The molecule has 1 aromatic carbocycles. The molecule has 0 radical (unpaired) electrons.